The molecular weight excluding hydrogens is 370 g/mol. The monoisotopic (exact) mass is 415 g/mol. The fraction of sp³-hybridized carbons (Fsp3) is 0.926. The molecule has 4 aliphatic carbocycles. The summed E-state index contributed by atoms with van der Waals surface area (Å²) in [4.78, 5) is 12.2. The lowest BCUT2D eigenvalue weighted by Gasteiger charge is -2.58. The summed E-state index contributed by atoms with van der Waals surface area (Å²) in [7, 11) is 0. The lowest BCUT2D eigenvalue weighted by atomic mass is 9.45. The SMILES string of the molecule is CC(C)CCC[C@H](C)[C@@H]1CC[C@@H]2[C@H]3C[C@H]([N+](=O)[O-])C4=CCCC[C@]4(C)[C@@H]3CC[C@]21C. The quantitative estimate of drug-likeness (QED) is 0.254. The van der Waals surface area contributed by atoms with Gasteiger partial charge in [-0.2, -0.15) is 0 Å². The molecule has 0 spiro atoms. The summed E-state index contributed by atoms with van der Waals surface area (Å²) in [5, 5.41) is 12.1. The largest absolute Gasteiger partial charge is 0.264 e. The van der Waals surface area contributed by atoms with Crippen LogP contribution in [0.25, 0.3) is 0 Å². The van der Waals surface area contributed by atoms with Crippen molar-refractivity contribution in [3.8, 4) is 0 Å². The topological polar surface area (TPSA) is 43.1 Å². The molecule has 3 nitrogen and oxygen atoms in total. The molecule has 0 N–H and O–H groups in total. The van der Waals surface area contributed by atoms with Crippen molar-refractivity contribution in [2.24, 2.45) is 46.3 Å². The van der Waals surface area contributed by atoms with Crippen LogP contribution in [0.2, 0.25) is 0 Å². The molecule has 8 atom stereocenters. The van der Waals surface area contributed by atoms with Gasteiger partial charge in [0.1, 0.15) is 0 Å². The third-order valence-electron chi connectivity index (χ3n) is 10.5. The van der Waals surface area contributed by atoms with Crippen LogP contribution in [-0.2, 0) is 0 Å². The van der Waals surface area contributed by atoms with E-state index in [1.54, 1.807) is 0 Å². The Labute approximate surface area is 184 Å². The molecule has 0 heterocycles. The Kier molecular flexibility index (Phi) is 6.14. The van der Waals surface area contributed by atoms with Crippen LogP contribution in [0.3, 0.4) is 0 Å². The fourth-order valence-electron chi connectivity index (χ4n) is 9.04. The maximum absolute atomic E-state index is 12.1. The Balaban J connectivity index is 1.56. The van der Waals surface area contributed by atoms with E-state index in [1.165, 1.54) is 63.4 Å². The molecule has 0 aromatic rings. The van der Waals surface area contributed by atoms with E-state index in [2.05, 4.69) is 40.7 Å². The number of rotatable bonds is 6. The standard InChI is InChI=1S/C27H45NO2/c1-18(2)9-8-10-19(3)21-12-13-22-20-17-25(28(29)30)24-11-6-7-15-26(24,4)23(20)14-16-27(21,22)5/h11,18-23,25H,6-10,12-17H2,1-5H3/t19-,20+,21-,22+,23+,25-,26+,27-/m0/s1. The first-order chi connectivity index (χ1) is 14.2. The third kappa shape index (κ3) is 3.56. The minimum atomic E-state index is -0.415. The molecule has 4 rings (SSSR count). The van der Waals surface area contributed by atoms with Gasteiger partial charge in [-0.1, -0.05) is 60.0 Å². The summed E-state index contributed by atoms with van der Waals surface area (Å²) in [6.07, 6.45) is 15.9. The van der Waals surface area contributed by atoms with Crippen molar-refractivity contribution in [3.63, 3.8) is 0 Å². The highest BCUT2D eigenvalue weighted by Crippen LogP contribution is 2.68. The van der Waals surface area contributed by atoms with Gasteiger partial charge in [-0.15, -0.1) is 0 Å². The van der Waals surface area contributed by atoms with Crippen molar-refractivity contribution >= 4 is 0 Å². The third-order valence-corrected chi connectivity index (χ3v) is 10.5. The van der Waals surface area contributed by atoms with E-state index in [9.17, 15) is 10.1 Å². The Morgan fingerprint density at radius 3 is 2.57 bits per heavy atom. The van der Waals surface area contributed by atoms with Gasteiger partial charge in [0, 0.05) is 16.9 Å². The van der Waals surface area contributed by atoms with Crippen molar-refractivity contribution < 1.29 is 4.92 Å². The molecule has 30 heavy (non-hydrogen) atoms. The van der Waals surface area contributed by atoms with Crippen molar-refractivity contribution in [3.05, 3.63) is 21.8 Å². The number of fused-ring (bicyclic) bond motifs is 5. The summed E-state index contributed by atoms with van der Waals surface area (Å²) in [6.45, 7) is 12.2. The smallest absolute Gasteiger partial charge is 0.234 e. The number of hydrogen-bond donors (Lipinski definition) is 0. The Bertz CT molecular complexity index is 684. The normalized spacial score (nSPS) is 44.1. The van der Waals surface area contributed by atoms with Crippen molar-refractivity contribution in [2.75, 3.05) is 0 Å². The number of nitrogens with zero attached hydrogens (tertiary/aromatic N) is 1. The molecule has 0 aliphatic heterocycles. The second kappa shape index (κ2) is 8.24. The molecule has 170 valence electrons. The minimum Gasteiger partial charge on any atom is -0.264 e. The average molecular weight is 416 g/mol. The molecule has 0 radical (unpaired) electrons. The molecule has 0 bridgehead atoms. The highest BCUT2D eigenvalue weighted by atomic mass is 16.6. The second-order valence-electron chi connectivity index (χ2n) is 12.4. The van der Waals surface area contributed by atoms with E-state index in [0.29, 0.717) is 23.2 Å². The van der Waals surface area contributed by atoms with E-state index in [4.69, 9.17) is 0 Å². The maximum atomic E-state index is 12.1. The van der Waals surface area contributed by atoms with Gasteiger partial charge in [-0.3, -0.25) is 10.1 Å². The first-order valence-corrected chi connectivity index (χ1v) is 13.0. The van der Waals surface area contributed by atoms with Crippen LogP contribution in [-0.4, -0.2) is 11.0 Å². The van der Waals surface area contributed by atoms with Gasteiger partial charge in [-0.05, 0) is 91.3 Å². The summed E-state index contributed by atoms with van der Waals surface area (Å²) in [5.74, 6) is 4.36. The predicted molar refractivity (Wildman–Crippen MR) is 124 cm³/mol. The molecular formula is C27H45NO2. The molecule has 3 heteroatoms. The van der Waals surface area contributed by atoms with Crippen molar-refractivity contribution in [2.45, 2.75) is 111 Å². The maximum Gasteiger partial charge on any atom is 0.234 e. The Morgan fingerprint density at radius 1 is 1.10 bits per heavy atom. The highest BCUT2D eigenvalue weighted by Gasteiger charge is 2.62. The van der Waals surface area contributed by atoms with Gasteiger partial charge < -0.3 is 0 Å². The van der Waals surface area contributed by atoms with Gasteiger partial charge in [0.15, 0.2) is 0 Å². The fourth-order valence-corrected chi connectivity index (χ4v) is 9.04. The Morgan fingerprint density at radius 2 is 1.87 bits per heavy atom. The first-order valence-electron chi connectivity index (χ1n) is 13.0. The Hall–Kier alpha value is -0.860. The van der Waals surface area contributed by atoms with E-state index in [-0.39, 0.29) is 10.3 Å². The summed E-state index contributed by atoms with van der Waals surface area (Å²) in [6, 6.07) is -0.415. The van der Waals surface area contributed by atoms with Gasteiger partial charge in [0.05, 0.1) is 0 Å². The number of hydrogen-bond acceptors (Lipinski definition) is 2. The van der Waals surface area contributed by atoms with Crippen LogP contribution in [0.5, 0.6) is 0 Å². The van der Waals surface area contributed by atoms with E-state index < -0.39 is 6.04 Å². The van der Waals surface area contributed by atoms with Crippen LogP contribution >= 0.6 is 0 Å². The minimum absolute atomic E-state index is 0.0680. The van der Waals surface area contributed by atoms with Crippen molar-refractivity contribution in [1.29, 1.82) is 0 Å². The average Bonchev–Trinajstić information content (AvgIpc) is 3.03. The van der Waals surface area contributed by atoms with Gasteiger partial charge in [-0.25, -0.2) is 0 Å². The van der Waals surface area contributed by atoms with Crippen LogP contribution in [0.15, 0.2) is 11.6 Å². The second-order valence-corrected chi connectivity index (χ2v) is 12.4. The van der Waals surface area contributed by atoms with Gasteiger partial charge in [0.2, 0.25) is 6.04 Å². The highest BCUT2D eigenvalue weighted by molar-refractivity contribution is 5.27. The van der Waals surface area contributed by atoms with E-state index >= 15 is 0 Å². The van der Waals surface area contributed by atoms with Crippen LogP contribution in [0, 0.1) is 56.5 Å². The zero-order valence-corrected chi connectivity index (χ0v) is 20.2. The number of allylic oxidation sites excluding steroid dienone is 1. The zero-order valence-electron chi connectivity index (χ0n) is 20.2. The molecule has 0 aromatic carbocycles. The molecule has 0 saturated heterocycles. The number of nitro groups is 1. The predicted octanol–water partition coefficient (Wildman–Crippen LogP) is 7.67. The van der Waals surface area contributed by atoms with E-state index in [0.717, 1.165) is 30.6 Å². The molecule has 0 aromatic heterocycles. The van der Waals surface area contributed by atoms with E-state index in [1.807, 2.05) is 0 Å². The van der Waals surface area contributed by atoms with Gasteiger partial charge >= 0.3 is 0 Å². The molecule has 4 aliphatic rings. The van der Waals surface area contributed by atoms with Crippen LogP contribution in [0.4, 0.5) is 0 Å². The molecule has 0 unspecified atom stereocenters. The first kappa shape index (κ1) is 22.3. The molecule has 3 fully saturated rings. The summed E-state index contributed by atoms with van der Waals surface area (Å²) < 4.78 is 0. The molecule has 3 saturated carbocycles. The summed E-state index contributed by atoms with van der Waals surface area (Å²) >= 11 is 0. The van der Waals surface area contributed by atoms with Crippen LogP contribution < -0.4 is 0 Å². The molecule has 0 amide bonds. The van der Waals surface area contributed by atoms with Crippen LogP contribution in [0.1, 0.15) is 105 Å². The zero-order chi connectivity index (χ0) is 21.7. The summed E-state index contributed by atoms with van der Waals surface area (Å²) in [5.41, 5.74) is 1.70. The lowest BCUT2D eigenvalue weighted by Crippen LogP contribution is -2.55. The van der Waals surface area contributed by atoms with Gasteiger partial charge in [0.25, 0.3) is 0 Å². The van der Waals surface area contributed by atoms with Crippen molar-refractivity contribution in [1.82, 2.24) is 0 Å². The lowest BCUT2D eigenvalue weighted by molar-refractivity contribution is -0.521.